The Balaban J connectivity index is 0. The van der Waals surface area contributed by atoms with Crippen LogP contribution in [0.5, 0.6) is 0 Å². The molecule has 1 rings (SSSR count). The normalized spacial score (nSPS) is 11.9. The van der Waals surface area contributed by atoms with E-state index in [1.54, 1.807) is 0 Å². The Morgan fingerprint density at radius 1 is 0.694 bits per heavy atom. The van der Waals surface area contributed by atoms with Crippen LogP contribution in [0.25, 0.3) is 0 Å². The van der Waals surface area contributed by atoms with Crippen LogP contribution in [-0.2, 0) is 26.6 Å². The Hall–Kier alpha value is 0.444. The number of hydrogen-bond acceptors (Lipinski definition) is 10. The van der Waals surface area contributed by atoms with Gasteiger partial charge in [0, 0.05) is 64.8 Å². The standard InChI is InChI=1S/C21H44N4O6S2Si2.Na.H/c1-7-26-34(27-8-2,28-9-3)17-13-15-25(19-22-20(32)24-21(33)23-19)16-14-18-35(29-10-4,30-11-5)31-12-6;;/h7-18H2,1-6H3,(H2,22,23,24,32,33);;/q;+1;-1. The molecule has 0 aliphatic heterocycles. The van der Waals surface area contributed by atoms with Crippen LogP contribution in [0.2, 0.25) is 12.1 Å². The molecule has 0 bridgehead atoms. The molecule has 1 aromatic heterocycles. The molecule has 0 unspecified atom stereocenters. The molecule has 1 aromatic rings. The molecule has 0 radical (unpaired) electrons. The summed E-state index contributed by atoms with van der Waals surface area (Å²) in [6.45, 7) is 16.5. The molecule has 0 spiro atoms. The van der Waals surface area contributed by atoms with Crippen molar-refractivity contribution in [3.8, 4) is 0 Å². The van der Waals surface area contributed by atoms with Gasteiger partial charge < -0.3 is 42.9 Å². The van der Waals surface area contributed by atoms with E-state index >= 15 is 0 Å². The molecule has 0 aromatic carbocycles. The first kappa shape index (κ1) is 36.4. The minimum atomic E-state index is -2.74. The first-order valence-corrected chi connectivity index (χ1v) is 17.3. The minimum absolute atomic E-state index is 0. The number of nitrogens with one attached hydrogen (secondary N) is 2. The molecule has 0 fully saturated rings. The zero-order chi connectivity index (χ0) is 26.2. The SMILES string of the molecule is CCO[Si](CCCN(CCC[Si](OCC)(OCC)OCC)c1nc(=S)[nH]c(=S)[nH]1)(OCC)OCC.[H-].[Na+]. The van der Waals surface area contributed by atoms with Gasteiger partial charge >= 0.3 is 47.2 Å². The Bertz CT molecular complexity index is 735. The minimum Gasteiger partial charge on any atom is -1.00 e. The summed E-state index contributed by atoms with van der Waals surface area (Å²) in [6, 6.07) is 1.41. The molecule has 36 heavy (non-hydrogen) atoms. The topological polar surface area (TPSA) is 103 Å². The molecule has 0 saturated heterocycles. The Morgan fingerprint density at radius 2 is 1.06 bits per heavy atom. The van der Waals surface area contributed by atoms with Crippen molar-refractivity contribution in [2.45, 2.75) is 66.5 Å². The average Bonchev–Trinajstić information content (AvgIpc) is 2.78. The van der Waals surface area contributed by atoms with Gasteiger partial charge in [-0.25, -0.2) is 0 Å². The van der Waals surface area contributed by atoms with Gasteiger partial charge in [-0.3, -0.25) is 0 Å². The van der Waals surface area contributed by atoms with Crippen molar-refractivity contribution < 1.29 is 57.5 Å². The van der Waals surface area contributed by atoms with E-state index in [1.807, 2.05) is 41.5 Å². The van der Waals surface area contributed by atoms with Crippen LogP contribution in [0.1, 0.15) is 55.8 Å². The summed E-state index contributed by atoms with van der Waals surface area (Å²) in [5.41, 5.74) is 0. The van der Waals surface area contributed by atoms with Crippen LogP contribution in [0.3, 0.4) is 0 Å². The second kappa shape index (κ2) is 20.4. The number of aromatic nitrogens is 3. The number of rotatable bonds is 21. The second-order valence-corrected chi connectivity index (χ2v) is 13.7. The number of aromatic amines is 2. The third-order valence-corrected chi connectivity index (χ3v) is 11.7. The van der Waals surface area contributed by atoms with Gasteiger partial charge in [0.15, 0.2) is 4.77 Å². The van der Waals surface area contributed by atoms with E-state index in [1.165, 1.54) is 0 Å². The molecule has 1 heterocycles. The number of nitrogens with zero attached hydrogens (tertiary/aromatic N) is 2. The fourth-order valence-electron chi connectivity index (χ4n) is 3.83. The van der Waals surface area contributed by atoms with E-state index in [4.69, 9.17) is 51.0 Å². The number of anilines is 1. The second-order valence-electron chi connectivity index (χ2n) is 7.48. The smallest absolute Gasteiger partial charge is 1.00 e. The average molecular weight is 593 g/mol. The molecule has 2 N–H and O–H groups in total. The Kier molecular flexibility index (Phi) is 20.6. The summed E-state index contributed by atoms with van der Waals surface area (Å²) < 4.78 is 36.9. The summed E-state index contributed by atoms with van der Waals surface area (Å²) in [6.07, 6.45) is 1.59. The summed E-state index contributed by atoms with van der Waals surface area (Å²) in [5, 5.41) is 0. The molecule has 0 saturated carbocycles. The summed E-state index contributed by atoms with van der Waals surface area (Å²) >= 11 is 10.6. The van der Waals surface area contributed by atoms with Crippen molar-refractivity contribution in [3.63, 3.8) is 0 Å². The van der Waals surface area contributed by atoms with Crippen molar-refractivity contribution in [3.05, 3.63) is 9.54 Å². The van der Waals surface area contributed by atoms with Gasteiger partial charge in [0.05, 0.1) is 0 Å². The molecule has 10 nitrogen and oxygen atoms in total. The van der Waals surface area contributed by atoms with Crippen LogP contribution in [0.4, 0.5) is 5.95 Å². The van der Waals surface area contributed by atoms with Crippen molar-refractivity contribution in [2.24, 2.45) is 0 Å². The van der Waals surface area contributed by atoms with E-state index in [0.717, 1.165) is 12.8 Å². The molecule has 0 amide bonds. The van der Waals surface area contributed by atoms with Gasteiger partial charge in [-0.15, -0.1) is 0 Å². The van der Waals surface area contributed by atoms with Crippen LogP contribution in [0.15, 0.2) is 0 Å². The van der Waals surface area contributed by atoms with Gasteiger partial charge in [-0.05, 0) is 78.8 Å². The Labute approximate surface area is 252 Å². The molecular formula is C21H45N4NaO6S2Si2. The van der Waals surface area contributed by atoms with Gasteiger partial charge in [-0.1, -0.05) is 0 Å². The predicted molar refractivity (Wildman–Crippen MR) is 148 cm³/mol. The first-order valence-electron chi connectivity index (χ1n) is 12.6. The van der Waals surface area contributed by atoms with E-state index in [-0.39, 0.29) is 31.0 Å². The maximum absolute atomic E-state index is 6.01. The van der Waals surface area contributed by atoms with E-state index < -0.39 is 17.6 Å². The van der Waals surface area contributed by atoms with Crippen LogP contribution in [0, 0.1) is 9.54 Å². The van der Waals surface area contributed by atoms with Gasteiger partial charge in [0.25, 0.3) is 0 Å². The monoisotopic (exact) mass is 592 g/mol. The van der Waals surface area contributed by atoms with Crippen LogP contribution in [-0.4, -0.2) is 85.3 Å². The molecule has 15 heteroatoms. The predicted octanol–water partition coefficient (Wildman–Crippen LogP) is 2.00. The van der Waals surface area contributed by atoms with Crippen molar-refractivity contribution in [1.82, 2.24) is 15.0 Å². The maximum Gasteiger partial charge on any atom is 1.00 e. The Morgan fingerprint density at radius 3 is 1.36 bits per heavy atom. The zero-order valence-electron chi connectivity index (χ0n) is 24.1. The van der Waals surface area contributed by atoms with Crippen molar-refractivity contribution in [2.75, 3.05) is 57.6 Å². The summed E-state index contributed by atoms with van der Waals surface area (Å²) in [7, 11) is -5.47. The van der Waals surface area contributed by atoms with E-state index in [9.17, 15) is 0 Å². The van der Waals surface area contributed by atoms with Crippen molar-refractivity contribution >= 4 is 48.0 Å². The molecular weight excluding hydrogens is 548 g/mol. The largest absolute Gasteiger partial charge is 1.00 e. The fourth-order valence-corrected chi connectivity index (χ4v) is 9.46. The summed E-state index contributed by atoms with van der Waals surface area (Å²) in [5.74, 6) is 0.631. The van der Waals surface area contributed by atoms with Gasteiger partial charge in [-0.2, -0.15) is 4.98 Å². The van der Waals surface area contributed by atoms with E-state index in [0.29, 0.717) is 80.3 Å². The molecule has 0 aliphatic rings. The van der Waals surface area contributed by atoms with E-state index in [2.05, 4.69) is 19.9 Å². The van der Waals surface area contributed by atoms with Crippen LogP contribution < -0.4 is 34.5 Å². The number of hydrogen-bond donors (Lipinski definition) is 2. The number of H-pyrrole nitrogens is 2. The third-order valence-electron chi connectivity index (χ3n) is 4.96. The molecule has 0 aliphatic carbocycles. The maximum atomic E-state index is 6.01. The fraction of sp³-hybridized carbons (Fsp3) is 0.857. The zero-order valence-corrected chi connectivity index (χ0v) is 28.8. The van der Waals surface area contributed by atoms with Gasteiger partial charge in [0.1, 0.15) is 0 Å². The van der Waals surface area contributed by atoms with Gasteiger partial charge in [0.2, 0.25) is 10.7 Å². The first-order chi connectivity index (χ1) is 16.8. The molecule has 0 atom stereocenters. The van der Waals surface area contributed by atoms with Crippen LogP contribution >= 0.6 is 24.4 Å². The molecule has 206 valence electrons. The summed E-state index contributed by atoms with van der Waals surface area (Å²) in [4.78, 5) is 12.6. The third kappa shape index (κ3) is 13.0. The quantitative estimate of drug-likeness (QED) is 0.163. The van der Waals surface area contributed by atoms with Crippen molar-refractivity contribution in [1.29, 1.82) is 0 Å².